The highest BCUT2D eigenvalue weighted by molar-refractivity contribution is 5.69. The second-order valence-electron chi connectivity index (χ2n) is 5.79. The predicted octanol–water partition coefficient (Wildman–Crippen LogP) is 6.38. The molecular weight excluding hydrogens is 240 g/mol. The van der Waals surface area contributed by atoms with Gasteiger partial charge in [-0.05, 0) is 46.9 Å². The molecule has 0 nitrogen and oxygen atoms in total. The Bertz CT molecular complexity index is 539. The monoisotopic (exact) mass is 266 g/mol. The lowest BCUT2D eigenvalue weighted by Gasteiger charge is -2.23. The van der Waals surface area contributed by atoms with Gasteiger partial charge in [0.2, 0.25) is 0 Å². The topological polar surface area (TPSA) is 0 Å². The second kappa shape index (κ2) is 6.74. The molecule has 0 N–H and O–H groups in total. The predicted molar refractivity (Wildman–Crippen MR) is 89.3 cm³/mol. The molecule has 0 radical (unpaired) electrons. The normalized spacial score (nSPS) is 14.0. The van der Waals surface area contributed by atoms with Crippen LogP contribution in [-0.2, 0) is 0 Å². The van der Waals surface area contributed by atoms with Gasteiger partial charge in [0.1, 0.15) is 0 Å². The summed E-state index contributed by atoms with van der Waals surface area (Å²) in [6.07, 6.45) is 2.38. The Kier molecular flexibility index (Phi) is 5.00. The molecule has 0 bridgehead atoms. The van der Waals surface area contributed by atoms with Crippen molar-refractivity contribution in [1.29, 1.82) is 0 Å². The maximum Gasteiger partial charge on any atom is -0.0146 e. The van der Waals surface area contributed by atoms with Gasteiger partial charge >= 0.3 is 0 Å². The third-order valence-electron chi connectivity index (χ3n) is 4.47. The fourth-order valence-electron chi connectivity index (χ4n) is 2.86. The lowest BCUT2D eigenvalue weighted by molar-refractivity contribution is 0.678. The second-order valence-corrected chi connectivity index (χ2v) is 5.79. The van der Waals surface area contributed by atoms with Crippen LogP contribution in [0.3, 0.4) is 0 Å². The van der Waals surface area contributed by atoms with Crippen LogP contribution in [0, 0.1) is 0 Å². The highest BCUT2D eigenvalue weighted by Gasteiger charge is 2.17. The van der Waals surface area contributed by atoms with E-state index < -0.39 is 0 Å². The molecule has 2 rings (SSSR count). The Balaban J connectivity index is 2.62. The molecule has 20 heavy (non-hydrogen) atoms. The van der Waals surface area contributed by atoms with Gasteiger partial charge < -0.3 is 0 Å². The molecule has 0 amide bonds. The summed E-state index contributed by atoms with van der Waals surface area (Å²) in [5, 5.41) is 0. The van der Waals surface area contributed by atoms with Crippen LogP contribution < -0.4 is 0 Å². The first-order valence-corrected chi connectivity index (χ1v) is 7.87. The van der Waals surface area contributed by atoms with Crippen LogP contribution in [0.2, 0.25) is 0 Å². The summed E-state index contributed by atoms with van der Waals surface area (Å²) >= 11 is 0. The van der Waals surface area contributed by atoms with E-state index in [1.54, 1.807) is 5.56 Å². The molecule has 0 fully saturated rings. The number of rotatable bonds is 5. The van der Waals surface area contributed by atoms with Crippen molar-refractivity contribution in [2.75, 3.05) is 0 Å². The zero-order chi connectivity index (χ0) is 14.5. The minimum absolute atomic E-state index is 0.607. The van der Waals surface area contributed by atoms with E-state index in [1.807, 2.05) is 0 Å². The van der Waals surface area contributed by atoms with Crippen LogP contribution in [0.5, 0.6) is 0 Å². The van der Waals surface area contributed by atoms with Crippen LogP contribution in [0.15, 0.2) is 48.5 Å². The van der Waals surface area contributed by atoms with Crippen molar-refractivity contribution in [2.45, 2.75) is 52.4 Å². The number of hydrogen-bond donors (Lipinski definition) is 0. The van der Waals surface area contributed by atoms with Crippen molar-refractivity contribution >= 4 is 0 Å². The van der Waals surface area contributed by atoms with E-state index >= 15 is 0 Å². The smallest absolute Gasteiger partial charge is 0.0146 e. The average molecular weight is 266 g/mol. The zero-order valence-corrected chi connectivity index (χ0v) is 13.2. The molecule has 0 aliphatic heterocycles. The van der Waals surface area contributed by atoms with Crippen LogP contribution in [0.1, 0.15) is 63.5 Å². The average Bonchev–Trinajstić information content (AvgIpc) is 2.53. The Morgan fingerprint density at radius 2 is 1.40 bits per heavy atom. The van der Waals surface area contributed by atoms with Gasteiger partial charge in [0, 0.05) is 0 Å². The van der Waals surface area contributed by atoms with E-state index in [-0.39, 0.29) is 0 Å². The van der Waals surface area contributed by atoms with E-state index in [1.165, 1.54) is 29.5 Å². The molecule has 0 spiro atoms. The van der Waals surface area contributed by atoms with Gasteiger partial charge in [0.15, 0.2) is 0 Å². The Labute approximate surface area is 123 Å². The van der Waals surface area contributed by atoms with E-state index in [9.17, 15) is 0 Å². The summed E-state index contributed by atoms with van der Waals surface area (Å²) < 4.78 is 0. The minimum Gasteiger partial charge on any atom is -0.0648 e. The van der Waals surface area contributed by atoms with E-state index in [0.29, 0.717) is 11.8 Å². The molecule has 2 atom stereocenters. The lowest BCUT2D eigenvalue weighted by Crippen LogP contribution is -2.04. The SMILES string of the molecule is CC[C@H](C)c1cccc(-c2ccccc2)c1[C@@H](C)CC. The Morgan fingerprint density at radius 1 is 0.750 bits per heavy atom. The largest absolute Gasteiger partial charge is 0.0648 e. The third kappa shape index (κ3) is 2.95. The number of hydrogen-bond acceptors (Lipinski definition) is 0. The van der Waals surface area contributed by atoms with Crippen LogP contribution in [0.25, 0.3) is 11.1 Å². The molecule has 0 saturated heterocycles. The van der Waals surface area contributed by atoms with Crippen molar-refractivity contribution in [3.8, 4) is 11.1 Å². The fraction of sp³-hybridized carbons (Fsp3) is 0.400. The summed E-state index contributed by atoms with van der Waals surface area (Å²) in [6.45, 7) is 9.26. The summed E-state index contributed by atoms with van der Waals surface area (Å²) in [5.74, 6) is 1.23. The molecular formula is C20H26. The summed E-state index contributed by atoms with van der Waals surface area (Å²) in [7, 11) is 0. The Hall–Kier alpha value is -1.56. The quantitative estimate of drug-likeness (QED) is 0.589. The fourth-order valence-corrected chi connectivity index (χ4v) is 2.86. The van der Waals surface area contributed by atoms with E-state index in [4.69, 9.17) is 0 Å². The molecule has 0 aliphatic rings. The highest BCUT2D eigenvalue weighted by Crippen LogP contribution is 2.37. The van der Waals surface area contributed by atoms with Gasteiger partial charge in [-0.1, -0.05) is 76.2 Å². The van der Waals surface area contributed by atoms with Gasteiger partial charge in [0.05, 0.1) is 0 Å². The van der Waals surface area contributed by atoms with E-state index in [2.05, 4.69) is 76.2 Å². The van der Waals surface area contributed by atoms with Crippen molar-refractivity contribution in [2.24, 2.45) is 0 Å². The molecule has 0 heterocycles. The molecule has 0 aliphatic carbocycles. The molecule has 106 valence electrons. The lowest BCUT2D eigenvalue weighted by atomic mass is 9.82. The molecule has 0 aromatic heterocycles. The van der Waals surface area contributed by atoms with Crippen LogP contribution in [-0.4, -0.2) is 0 Å². The maximum absolute atomic E-state index is 2.35. The zero-order valence-electron chi connectivity index (χ0n) is 13.2. The molecule has 0 saturated carbocycles. The van der Waals surface area contributed by atoms with Gasteiger partial charge in [-0.25, -0.2) is 0 Å². The highest BCUT2D eigenvalue weighted by atomic mass is 14.2. The summed E-state index contributed by atoms with van der Waals surface area (Å²) in [4.78, 5) is 0. The van der Waals surface area contributed by atoms with Gasteiger partial charge in [-0.2, -0.15) is 0 Å². The minimum atomic E-state index is 0.607. The van der Waals surface area contributed by atoms with Crippen molar-refractivity contribution < 1.29 is 0 Å². The van der Waals surface area contributed by atoms with Crippen molar-refractivity contribution in [3.63, 3.8) is 0 Å². The standard InChI is InChI=1S/C20H26/c1-5-15(3)18-13-10-14-19(20(18)16(4)6-2)17-11-8-7-9-12-17/h7-16H,5-6H2,1-4H3/t15-,16-/m0/s1. The summed E-state index contributed by atoms with van der Waals surface area (Å²) in [6, 6.07) is 17.6. The molecule has 0 heteroatoms. The van der Waals surface area contributed by atoms with Crippen molar-refractivity contribution in [3.05, 3.63) is 59.7 Å². The van der Waals surface area contributed by atoms with E-state index in [0.717, 1.165) is 0 Å². The third-order valence-corrected chi connectivity index (χ3v) is 4.47. The van der Waals surface area contributed by atoms with Gasteiger partial charge in [-0.3, -0.25) is 0 Å². The first kappa shape index (κ1) is 14.8. The summed E-state index contributed by atoms with van der Waals surface area (Å²) in [5.41, 5.74) is 5.84. The molecule has 2 aromatic carbocycles. The van der Waals surface area contributed by atoms with Crippen LogP contribution in [0.4, 0.5) is 0 Å². The maximum atomic E-state index is 2.35. The molecule has 0 unspecified atom stereocenters. The first-order chi connectivity index (χ1) is 9.69. The Morgan fingerprint density at radius 3 is 2.00 bits per heavy atom. The van der Waals surface area contributed by atoms with Gasteiger partial charge in [0.25, 0.3) is 0 Å². The number of benzene rings is 2. The van der Waals surface area contributed by atoms with Crippen molar-refractivity contribution in [1.82, 2.24) is 0 Å². The van der Waals surface area contributed by atoms with Crippen LogP contribution >= 0.6 is 0 Å². The first-order valence-electron chi connectivity index (χ1n) is 7.87. The molecule has 2 aromatic rings. The van der Waals surface area contributed by atoms with Gasteiger partial charge in [-0.15, -0.1) is 0 Å².